The minimum Gasteiger partial charge on any atom is -0.0623 e. The Morgan fingerprint density at radius 3 is 1.31 bits per heavy atom. The van der Waals surface area contributed by atoms with E-state index in [1.54, 1.807) is 30.3 Å². The van der Waals surface area contributed by atoms with Crippen molar-refractivity contribution >= 4 is 23.0 Å². The Morgan fingerprint density at radius 2 is 1.06 bits per heavy atom. The summed E-state index contributed by atoms with van der Waals surface area (Å²) in [6, 6.07) is 20.3. The van der Waals surface area contributed by atoms with Crippen LogP contribution in [-0.4, -0.2) is 28.1 Å². The van der Waals surface area contributed by atoms with Crippen LogP contribution in [0.15, 0.2) is 66.7 Å². The van der Waals surface area contributed by atoms with E-state index in [4.69, 9.17) is 5.11 Å². The minimum atomic E-state index is -0.879. The minimum absolute atomic E-state index is 0. The maximum Gasteiger partial charge on any atom is -0.0623 e. The molecule has 0 fully saturated rings. The van der Waals surface area contributed by atoms with E-state index < -0.39 is 5.97 Å². The van der Waals surface area contributed by atoms with Crippen LogP contribution in [0.3, 0.4) is 0 Å². The maximum atomic E-state index is 10.2. The van der Waals surface area contributed by atoms with Gasteiger partial charge in [-0.3, -0.25) is 0 Å². The molecule has 0 aromatic heterocycles. The van der Waals surface area contributed by atoms with Gasteiger partial charge in [-0.05, 0) is 12.1 Å². The molecule has 16 heavy (non-hydrogen) atoms. The summed E-state index contributed by atoms with van der Waals surface area (Å²) >= 11 is 0. The van der Waals surface area contributed by atoms with Gasteiger partial charge in [-0.1, -0.05) is 54.6 Å². The SMILES string of the molecule is O=C(O)c1ccccc1.[SeH2].c1ccccc1. The van der Waals surface area contributed by atoms with Gasteiger partial charge < -0.3 is 5.11 Å². The van der Waals surface area contributed by atoms with Crippen molar-refractivity contribution in [1.82, 2.24) is 0 Å². The van der Waals surface area contributed by atoms with Crippen LogP contribution < -0.4 is 0 Å². The molecule has 0 radical (unpaired) electrons. The number of carboxylic acids is 1. The van der Waals surface area contributed by atoms with Crippen molar-refractivity contribution < 1.29 is 9.90 Å². The molecule has 2 rings (SSSR count). The van der Waals surface area contributed by atoms with E-state index in [1.807, 2.05) is 36.4 Å². The van der Waals surface area contributed by atoms with E-state index in [-0.39, 0.29) is 17.1 Å². The largest absolute Gasteiger partial charge is 0.0623 e. The average Bonchev–Trinajstić information content (AvgIpc) is 2.33. The van der Waals surface area contributed by atoms with Gasteiger partial charge in [-0.2, -0.15) is 0 Å². The van der Waals surface area contributed by atoms with Gasteiger partial charge in [-0.15, -0.1) is 0 Å². The summed E-state index contributed by atoms with van der Waals surface area (Å²) in [7, 11) is 0. The summed E-state index contributed by atoms with van der Waals surface area (Å²) in [5, 5.41) is 8.38. The van der Waals surface area contributed by atoms with Gasteiger partial charge in [0, 0.05) is 0 Å². The molecule has 0 heterocycles. The van der Waals surface area contributed by atoms with Gasteiger partial charge in [0.1, 0.15) is 0 Å². The van der Waals surface area contributed by atoms with Gasteiger partial charge in [0.05, 0.1) is 5.56 Å². The molecule has 0 aliphatic carbocycles. The summed E-state index contributed by atoms with van der Waals surface area (Å²) in [4.78, 5) is 10.2. The van der Waals surface area contributed by atoms with Gasteiger partial charge in [0.15, 0.2) is 0 Å². The first-order valence-corrected chi connectivity index (χ1v) is 4.59. The normalized spacial score (nSPS) is 8.00. The third-order valence-corrected chi connectivity index (χ3v) is 1.69. The summed E-state index contributed by atoms with van der Waals surface area (Å²) in [6.07, 6.45) is 0. The molecule has 84 valence electrons. The molecule has 1 N–H and O–H groups in total. The Morgan fingerprint density at radius 1 is 0.750 bits per heavy atom. The zero-order valence-electron chi connectivity index (χ0n) is 8.71. The molecule has 0 saturated heterocycles. The molecule has 0 amide bonds. The number of carbonyl (C=O) groups is 1. The Balaban J connectivity index is 0.000000283. The van der Waals surface area contributed by atoms with Crippen LogP contribution in [0, 0.1) is 0 Å². The number of hydrogen-bond acceptors (Lipinski definition) is 1. The molecular weight excluding hydrogens is 267 g/mol. The fourth-order valence-corrected chi connectivity index (χ4v) is 0.966. The average molecular weight is 281 g/mol. The van der Waals surface area contributed by atoms with Crippen molar-refractivity contribution in [3.05, 3.63) is 72.3 Å². The second kappa shape index (κ2) is 8.71. The smallest absolute Gasteiger partial charge is 0.0623 e. The first kappa shape index (κ1) is 14.4. The van der Waals surface area contributed by atoms with E-state index in [0.717, 1.165) is 0 Å². The van der Waals surface area contributed by atoms with Crippen LogP contribution in [0.5, 0.6) is 0 Å². The topological polar surface area (TPSA) is 37.3 Å². The second-order valence-corrected chi connectivity index (χ2v) is 2.83. The molecule has 2 aromatic rings. The van der Waals surface area contributed by atoms with Crippen LogP contribution in [0.2, 0.25) is 0 Å². The number of rotatable bonds is 1. The van der Waals surface area contributed by atoms with E-state index in [0.29, 0.717) is 5.56 Å². The summed E-state index contributed by atoms with van der Waals surface area (Å²) in [6.45, 7) is 0. The Kier molecular flexibility index (Phi) is 7.86. The fraction of sp³-hybridized carbons (Fsp3) is 0. The first-order valence-electron chi connectivity index (χ1n) is 4.59. The number of hydrogen-bond donors (Lipinski definition) is 1. The molecule has 0 bridgehead atoms. The summed E-state index contributed by atoms with van der Waals surface area (Å²) in [5.74, 6) is -0.879. The van der Waals surface area contributed by atoms with Crippen LogP contribution in [0.4, 0.5) is 0 Å². The summed E-state index contributed by atoms with van der Waals surface area (Å²) < 4.78 is 0. The van der Waals surface area contributed by atoms with Crippen molar-refractivity contribution in [3.63, 3.8) is 0 Å². The zero-order valence-corrected chi connectivity index (χ0v) is 10.8. The first-order chi connectivity index (χ1) is 7.30. The van der Waals surface area contributed by atoms with Crippen molar-refractivity contribution in [1.29, 1.82) is 0 Å². The molecule has 0 spiro atoms. The third-order valence-electron chi connectivity index (χ3n) is 1.69. The molecular formula is C13H14O2Se. The van der Waals surface area contributed by atoms with E-state index in [1.165, 1.54) is 0 Å². The molecule has 0 saturated carbocycles. The number of aromatic carboxylic acids is 1. The molecule has 0 atom stereocenters. The Hall–Kier alpha value is -1.57. The van der Waals surface area contributed by atoms with Gasteiger partial charge in [0.2, 0.25) is 0 Å². The van der Waals surface area contributed by atoms with Crippen LogP contribution >= 0.6 is 0 Å². The van der Waals surface area contributed by atoms with Gasteiger partial charge in [-0.25, -0.2) is 4.79 Å². The Labute approximate surface area is 105 Å². The maximum absolute atomic E-state index is 10.2. The molecule has 0 aliphatic heterocycles. The zero-order chi connectivity index (χ0) is 10.9. The molecule has 2 aromatic carbocycles. The van der Waals surface area contributed by atoms with Gasteiger partial charge >= 0.3 is 23.0 Å². The van der Waals surface area contributed by atoms with Crippen molar-refractivity contribution in [2.75, 3.05) is 0 Å². The fourth-order valence-electron chi connectivity index (χ4n) is 0.966. The van der Waals surface area contributed by atoms with Crippen LogP contribution in [0.1, 0.15) is 10.4 Å². The van der Waals surface area contributed by atoms with Crippen molar-refractivity contribution in [2.45, 2.75) is 0 Å². The van der Waals surface area contributed by atoms with Gasteiger partial charge in [0.25, 0.3) is 0 Å². The predicted octanol–water partition coefficient (Wildman–Crippen LogP) is 2.16. The second-order valence-electron chi connectivity index (χ2n) is 2.83. The molecule has 0 unspecified atom stereocenters. The van der Waals surface area contributed by atoms with E-state index in [9.17, 15) is 4.79 Å². The predicted molar refractivity (Wildman–Crippen MR) is 68.4 cm³/mol. The number of benzene rings is 2. The van der Waals surface area contributed by atoms with E-state index >= 15 is 0 Å². The standard InChI is InChI=1S/C7H6O2.C6H6.H2Se/c8-7(9)6-4-2-1-3-5-6;1-2-4-6-5-3-1;/h1-5H,(H,8,9);1-6H;1H2. The molecule has 2 nitrogen and oxygen atoms in total. The summed E-state index contributed by atoms with van der Waals surface area (Å²) in [5.41, 5.74) is 0.331. The van der Waals surface area contributed by atoms with Crippen molar-refractivity contribution in [2.24, 2.45) is 0 Å². The van der Waals surface area contributed by atoms with Crippen molar-refractivity contribution in [3.8, 4) is 0 Å². The van der Waals surface area contributed by atoms with Crippen LogP contribution in [0.25, 0.3) is 0 Å². The number of carboxylic acid groups (broad SMARTS) is 1. The Bertz CT molecular complexity index is 360. The molecule has 0 aliphatic rings. The molecule has 3 heteroatoms. The quantitative estimate of drug-likeness (QED) is 0.813. The monoisotopic (exact) mass is 282 g/mol. The van der Waals surface area contributed by atoms with E-state index in [2.05, 4.69) is 0 Å². The third kappa shape index (κ3) is 6.02. The van der Waals surface area contributed by atoms with Crippen LogP contribution in [-0.2, 0) is 0 Å².